The summed E-state index contributed by atoms with van der Waals surface area (Å²) in [6.07, 6.45) is 3.15. The highest BCUT2D eigenvalue weighted by atomic mass is 32.2. The lowest BCUT2D eigenvalue weighted by molar-refractivity contribution is 0.445. The second-order valence-corrected chi connectivity index (χ2v) is 6.28. The summed E-state index contributed by atoms with van der Waals surface area (Å²) in [5.74, 6) is 0. The van der Waals surface area contributed by atoms with Crippen molar-refractivity contribution in [1.82, 2.24) is 4.31 Å². The minimum atomic E-state index is -3.32. The molecular weight excluding hydrogens is 246 g/mol. The predicted molar refractivity (Wildman–Crippen MR) is 75.2 cm³/mol. The van der Waals surface area contributed by atoms with Crippen molar-refractivity contribution in [3.8, 4) is 0 Å². The normalized spacial score (nSPS) is 12.0. The molecule has 102 valence electrons. The summed E-state index contributed by atoms with van der Waals surface area (Å²) in [6.45, 7) is 6.89. The second-order valence-electron chi connectivity index (χ2n) is 4.34. The van der Waals surface area contributed by atoms with Crippen LogP contribution < -0.4 is 0 Å². The molecule has 0 N–H and O–H groups in total. The Hall–Kier alpha value is -0.870. The number of sulfonamides is 1. The Labute approximate surface area is 111 Å². The Kier molecular flexibility index (Phi) is 5.82. The van der Waals surface area contributed by atoms with Crippen LogP contribution in [0.25, 0.3) is 0 Å². The summed E-state index contributed by atoms with van der Waals surface area (Å²) in [5.41, 5.74) is 1.10. The van der Waals surface area contributed by atoms with Gasteiger partial charge in [-0.2, -0.15) is 4.31 Å². The molecule has 0 aromatic heterocycles. The fourth-order valence-corrected chi connectivity index (χ4v) is 3.48. The second kappa shape index (κ2) is 6.90. The van der Waals surface area contributed by atoms with Gasteiger partial charge in [-0.3, -0.25) is 0 Å². The van der Waals surface area contributed by atoms with Crippen LogP contribution in [-0.4, -0.2) is 25.8 Å². The topological polar surface area (TPSA) is 37.4 Å². The molecule has 1 rings (SSSR count). The van der Waals surface area contributed by atoms with Gasteiger partial charge in [0.2, 0.25) is 10.0 Å². The van der Waals surface area contributed by atoms with Crippen molar-refractivity contribution in [2.45, 2.75) is 44.9 Å². The summed E-state index contributed by atoms with van der Waals surface area (Å²) < 4.78 is 26.2. The zero-order valence-electron chi connectivity index (χ0n) is 11.5. The van der Waals surface area contributed by atoms with Crippen LogP contribution in [0.3, 0.4) is 0 Å². The maximum absolute atomic E-state index is 12.3. The molecule has 0 heterocycles. The monoisotopic (exact) mass is 269 g/mol. The molecule has 0 aliphatic heterocycles. The third kappa shape index (κ3) is 3.56. The van der Waals surface area contributed by atoms with Gasteiger partial charge in [0.15, 0.2) is 0 Å². The van der Waals surface area contributed by atoms with E-state index < -0.39 is 10.0 Å². The van der Waals surface area contributed by atoms with Crippen LogP contribution in [0.1, 0.15) is 39.2 Å². The maximum atomic E-state index is 12.3. The fraction of sp³-hybridized carbons (Fsp3) is 0.571. The highest BCUT2D eigenvalue weighted by molar-refractivity contribution is 7.89. The first-order valence-electron chi connectivity index (χ1n) is 6.65. The van der Waals surface area contributed by atoms with E-state index in [0.717, 1.165) is 24.8 Å². The molecule has 0 amide bonds. The van der Waals surface area contributed by atoms with Gasteiger partial charge in [-0.25, -0.2) is 8.42 Å². The molecule has 3 nitrogen and oxygen atoms in total. The predicted octanol–water partition coefficient (Wildman–Crippen LogP) is 3.06. The number of nitrogens with zero attached hydrogens (tertiary/aromatic N) is 1. The Balaban J connectivity index is 3.01. The minimum Gasteiger partial charge on any atom is -0.207 e. The van der Waals surface area contributed by atoms with E-state index in [0.29, 0.717) is 18.0 Å². The van der Waals surface area contributed by atoms with Gasteiger partial charge in [-0.1, -0.05) is 39.3 Å². The summed E-state index contributed by atoms with van der Waals surface area (Å²) >= 11 is 0. The standard InChI is InChI=1S/C14H23NO2S/c1-4-7-9-13-10-8-11-14(12-13)18(16,17)15(5-2)6-3/h8,10-12H,4-7,9H2,1-3H3. The molecule has 1 aromatic rings. The average molecular weight is 269 g/mol. The van der Waals surface area contributed by atoms with E-state index in [-0.39, 0.29) is 0 Å². The summed E-state index contributed by atoms with van der Waals surface area (Å²) in [5, 5.41) is 0. The van der Waals surface area contributed by atoms with Crippen LogP contribution in [0.4, 0.5) is 0 Å². The molecule has 0 fully saturated rings. The Morgan fingerprint density at radius 2 is 1.78 bits per heavy atom. The lowest BCUT2D eigenvalue weighted by atomic mass is 10.1. The number of benzene rings is 1. The first-order chi connectivity index (χ1) is 8.56. The van der Waals surface area contributed by atoms with E-state index in [9.17, 15) is 8.42 Å². The first kappa shape index (κ1) is 15.2. The van der Waals surface area contributed by atoms with Crippen molar-refractivity contribution in [3.63, 3.8) is 0 Å². The molecule has 0 atom stereocenters. The molecule has 0 radical (unpaired) electrons. The quantitative estimate of drug-likeness (QED) is 0.763. The lowest BCUT2D eigenvalue weighted by Gasteiger charge is -2.18. The molecule has 0 saturated heterocycles. The number of aryl methyl sites for hydroxylation is 1. The van der Waals surface area contributed by atoms with Crippen LogP contribution in [0.5, 0.6) is 0 Å². The third-order valence-corrected chi connectivity index (χ3v) is 5.11. The molecule has 4 heteroatoms. The van der Waals surface area contributed by atoms with E-state index in [1.165, 1.54) is 4.31 Å². The van der Waals surface area contributed by atoms with Crippen molar-refractivity contribution >= 4 is 10.0 Å². The van der Waals surface area contributed by atoms with Gasteiger partial charge in [0.1, 0.15) is 0 Å². The summed E-state index contributed by atoms with van der Waals surface area (Å²) in [7, 11) is -3.32. The SMILES string of the molecule is CCCCc1cccc(S(=O)(=O)N(CC)CC)c1. The number of hydrogen-bond acceptors (Lipinski definition) is 2. The molecule has 0 unspecified atom stereocenters. The molecular formula is C14H23NO2S. The minimum absolute atomic E-state index is 0.416. The number of hydrogen-bond donors (Lipinski definition) is 0. The van der Waals surface area contributed by atoms with Crippen molar-refractivity contribution < 1.29 is 8.42 Å². The van der Waals surface area contributed by atoms with Crippen LogP contribution in [-0.2, 0) is 16.4 Å². The molecule has 0 aliphatic carbocycles. The zero-order chi connectivity index (χ0) is 13.6. The Morgan fingerprint density at radius 3 is 2.33 bits per heavy atom. The molecule has 0 spiro atoms. The summed E-state index contributed by atoms with van der Waals surface area (Å²) in [4.78, 5) is 0.416. The van der Waals surface area contributed by atoms with Gasteiger partial charge in [0.25, 0.3) is 0 Å². The van der Waals surface area contributed by atoms with Crippen molar-refractivity contribution in [1.29, 1.82) is 0 Å². The van der Waals surface area contributed by atoms with Crippen LogP contribution in [0.2, 0.25) is 0 Å². The molecule has 0 saturated carbocycles. The maximum Gasteiger partial charge on any atom is 0.243 e. The first-order valence-corrected chi connectivity index (χ1v) is 8.09. The Bertz CT molecular complexity index is 464. The van der Waals surface area contributed by atoms with Gasteiger partial charge in [0, 0.05) is 13.1 Å². The lowest BCUT2D eigenvalue weighted by Crippen LogP contribution is -2.30. The summed E-state index contributed by atoms with van der Waals surface area (Å²) in [6, 6.07) is 7.32. The zero-order valence-corrected chi connectivity index (χ0v) is 12.3. The van der Waals surface area contributed by atoms with Crippen LogP contribution >= 0.6 is 0 Å². The smallest absolute Gasteiger partial charge is 0.207 e. The number of unbranched alkanes of at least 4 members (excludes halogenated alkanes) is 1. The Morgan fingerprint density at radius 1 is 1.11 bits per heavy atom. The highest BCUT2D eigenvalue weighted by Gasteiger charge is 2.21. The van der Waals surface area contributed by atoms with Gasteiger partial charge in [-0.05, 0) is 30.5 Å². The van der Waals surface area contributed by atoms with Gasteiger partial charge < -0.3 is 0 Å². The van der Waals surface area contributed by atoms with Crippen LogP contribution in [0, 0.1) is 0 Å². The highest BCUT2D eigenvalue weighted by Crippen LogP contribution is 2.17. The van der Waals surface area contributed by atoms with Crippen molar-refractivity contribution in [3.05, 3.63) is 29.8 Å². The fourth-order valence-electron chi connectivity index (χ4n) is 1.95. The molecule has 18 heavy (non-hydrogen) atoms. The third-order valence-electron chi connectivity index (χ3n) is 3.06. The molecule has 0 aliphatic rings. The van der Waals surface area contributed by atoms with E-state index in [4.69, 9.17) is 0 Å². The number of rotatable bonds is 7. The van der Waals surface area contributed by atoms with E-state index in [1.807, 2.05) is 32.0 Å². The van der Waals surface area contributed by atoms with E-state index in [1.54, 1.807) is 6.07 Å². The van der Waals surface area contributed by atoms with Gasteiger partial charge in [-0.15, -0.1) is 0 Å². The van der Waals surface area contributed by atoms with Crippen molar-refractivity contribution in [2.24, 2.45) is 0 Å². The van der Waals surface area contributed by atoms with Gasteiger partial charge >= 0.3 is 0 Å². The van der Waals surface area contributed by atoms with Crippen molar-refractivity contribution in [2.75, 3.05) is 13.1 Å². The van der Waals surface area contributed by atoms with Gasteiger partial charge in [0.05, 0.1) is 4.90 Å². The average Bonchev–Trinajstić information content (AvgIpc) is 2.38. The van der Waals surface area contributed by atoms with Crippen LogP contribution in [0.15, 0.2) is 29.2 Å². The molecule has 1 aromatic carbocycles. The largest absolute Gasteiger partial charge is 0.243 e. The van der Waals surface area contributed by atoms with E-state index >= 15 is 0 Å². The molecule has 0 bridgehead atoms. The van der Waals surface area contributed by atoms with E-state index in [2.05, 4.69) is 6.92 Å².